The summed E-state index contributed by atoms with van der Waals surface area (Å²) in [5, 5.41) is 4.44. The third kappa shape index (κ3) is 2.87. The molecule has 0 saturated heterocycles. The molecule has 1 aliphatic heterocycles. The maximum Gasteiger partial charge on any atom is 0.165 e. The maximum absolute atomic E-state index is 5.51. The van der Waals surface area contributed by atoms with Crippen molar-refractivity contribution in [2.45, 2.75) is 6.54 Å². The Morgan fingerprint density at radius 2 is 1.79 bits per heavy atom. The van der Waals surface area contributed by atoms with Gasteiger partial charge in [-0.25, -0.2) is 9.97 Å². The highest BCUT2D eigenvalue weighted by molar-refractivity contribution is 5.93. The maximum atomic E-state index is 5.51. The van der Waals surface area contributed by atoms with Crippen LogP contribution in [0.15, 0.2) is 71.7 Å². The number of ether oxygens (including phenoxy) is 1. The Hall–Kier alpha value is -3.73. The van der Waals surface area contributed by atoms with Gasteiger partial charge in [0.2, 0.25) is 0 Å². The van der Waals surface area contributed by atoms with E-state index in [1.54, 1.807) is 7.11 Å². The minimum Gasteiger partial charge on any atom is -0.496 e. The largest absolute Gasteiger partial charge is 0.496 e. The average molecular weight is 366 g/mol. The van der Waals surface area contributed by atoms with Crippen LogP contribution in [0.25, 0.3) is 22.3 Å². The van der Waals surface area contributed by atoms with E-state index in [1.165, 1.54) is 5.56 Å². The number of para-hydroxylation sites is 2. The molecule has 4 aromatic rings. The van der Waals surface area contributed by atoms with E-state index in [9.17, 15) is 0 Å². The highest BCUT2D eigenvalue weighted by Crippen LogP contribution is 2.32. The fraction of sp³-hybridized carbons (Fsp3) is 0.0870. The van der Waals surface area contributed by atoms with E-state index < -0.39 is 0 Å². The summed E-state index contributed by atoms with van der Waals surface area (Å²) in [6.45, 7) is 0.754. The minimum atomic E-state index is 0.626. The van der Waals surface area contributed by atoms with E-state index in [0.717, 1.165) is 45.8 Å². The van der Waals surface area contributed by atoms with Crippen molar-refractivity contribution in [2.75, 3.05) is 12.4 Å². The molecule has 0 atom stereocenters. The number of rotatable bonds is 4. The van der Waals surface area contributed by atoms with Gasteiger partial charge in [0.15, 0.2) is 5.82 Å². The summed E-state index contributed by atoms with van der Waals surface area (Å²) < 4.78 is 5.51. The molecule has 5 nitrogen and oxygen atoms in total. The van der Waals surface area contributed by atoms with E-state index in [4.69, 9.17) is 14.7 Å². The lowest BCUT2D eigenvalue weighted by atomic mass is 10.1. The van der Waals surface area contributed by atoms with Gasteiger partial charge in [-0.2, -0.15) is 0 Å². The Bertz CT molecular complexity index is 1220. The summed E-state index contributed by atoms with van der Waals surface area (Å²) in [6, 6.07) is 22.1. The third-order valence-corrected chi connectivity index (χ3v) is 4.85. The van der Waals surface area contributed by atoms with Gasteiger partial charge in [-0.3, -0.25) is 4.99 Å². The molecule has 1 aromatic heterocycles. The molecular formula is C23H18N4O. The van der Waals surface area contributed by atoms with Crippen LogP contribution in [0.2, 0.25) is 0 Å². The van der Waals surface area contributed by atoms with Gasteiger partial charge >= 0.3 is 0 Å². The standard InChI is InChI=1S/C23H18N4O/c1-28-21-9-5-3-7-19(21)23-26-20-8-4-2-6-18(20)22(27-23)25-17-11-10-15-13-24-14-16(15)12-17/h2-12,14H,13H2,1H3,(H,25,26,27). The van der Waals surface area contributed by atoms with Crippen LogP contribution in [-0.2, 0) is 6.54 Å². The second-order valence-electron chi connectivity index (χ2n) is 6.62. The van der Waals surface area contributed by atoms with Gasteiger partial charge < -0.3 is 10.1 Å². The van der Waals surface area contributed by atoms with E-state index in [-0.39, 0.29) is 0 Å². The van der Waals surface area contributed by atoms with Gasteiger partial charge in [0.05, 0.1) is 24.7 Å². The third-order valence-electron chi connectivity index (χ3n) is 4.85. The number of nitrogens with one attached hydrogen (secondary N) is 1. The van der Waals surface area contributed by atoms with E-state index in [2.05, 4.69) is 28.5 Å². The summed E-state index contributed by atoms with van der Waals surface area (Å²) in [6.07, 6.45) is 1.92. The van der Waals surface area contributed by atoms with Crippen molar-refractivity contribution < 1.29 is 4.74 Å². The lowest BCUT2D eigenvalue weighted by molar-refractivity contribution is 0.416. The lowest BCUT2D eigenvalue weighted by Crippen LogP contribution is -2.01. The molecule has 5 heteroatoms. The Morgan fingerprint density at radius 1 is 0.929 bits per heavy atom. The van der Waals surface area contributed by atoms with E-state index >= 15 is 0 Å². The number of fused-ring (bicyclic) bond motifs is 2. The van der Waals surface area contributed by atoms with E-state index in [0.29, 0.717) is 5.82 Å². The molecular weight excluding hydrogens is 348 g/mol. The molecule has 0 aliphatic carbocycles. The molecule has 5 rings (SSSR count). The first-order chi connectivity index (χ1) is 13.8. The Balaban J connectivity index is 1.64. The van der Waals surface area contributed by atoms with Crippen molar-refractivity contribution in [3.63, 3.8) is 0 Å². The van der Waals surface area contributed by atoms with Crippen LogP contribution in [-0.4, -0.2) is 23.3 Å². The normalized spacial score (nSPS) is 12.2. The first-order valence-corrected chi connectivity index (χ1v) is 9.12. The zero-order valence-corrected chi connectivity index (χ0v) is 15.4. The van der Waals surface area contributed by atoms with Crippen molar-refractivity contribution in [1.82, 2.24) is 9.97 Å². The summed E-state index contributed by atoms with van der Waals surface area (Å²) >= 11 is 0. The molecule has 0 saturated carbocycles. The van der Waals surface area contributed by atoms with Gasteiger partial charge in [-0.15, -0.1) is 0 Å². The van der Waals surface area contributed by atoms with Crippen LogP contribution in [0.4, 0.5) is 11.5 Å². The number of aromatic nitrogens is 2. The van der Waals surface area contributed by atoms with Gasteiger partial charge in [-0.05, 0) is 47.5 Å². The lowest BCUT2D eigenvalue weighted by Gasteiger charge is -2.13. The number of methoxy groups -OCH3 is 1. The summed E-state index contributed by atoms with van der Waals surface area (Å²) in [5.74, 6) is 2.14. The van der Waals surface area contributed by atoms with Crippen molar-refractivity contribution >= 4 is 28.6 Å². The van der Waals surface area contributed by atoms with Crippen LogP contribution in [0.1, 0.15) is 11.1 Å². The fourth-order valence-corrected chi connectivity index (χ4v) is 3.44. The van der Waals surface area contributed by atoms with Gasteiger partial charge in [0, 0.05) is 17.3 Å². The second kappa shape index (κ2) is 6.78. The van der Waals surface area contributed by atoms with E-state index in [1.807, 2.05) is 54.7 Å². The number of benzene rings is 3. The fourth-order valence-electron chi connectivity index (χ4n) is 3.44. The molecule has 0 spiro atoms. The molecule has 1 N–H and O–H groups in total. The predicted molar refractivity (Wildman–Crippen MR) is 113 cm³/mol. The Kier molecular flexibility index (Phi) is 3.98. The first-order valence-electron chi connectivity index (χ1n) is 9.12. The van der Waals surface area contributed by atoms with Crippen molar-refractivity contribution in [3.8, 4) is 17.1 Å². The van der Waals surface area contributed by atoms with Crippen LogP contribution in [0.3, 0.4) is 0 Å². The van der Waals surface area contributed by atoms with Gasteiger partial charge in [0.25, 0.3) is 0 Å². The van der Waals surface area contributed by atoms with Crippen molar-refractivity contribution in [3.05, 3.63) is 77.9 Å². The number of aliphatic imine (C=N–C) groups is 1. The molecule has 0 bridgehead atoms. The summed E-state index contributed by atoms with van der Waals surface area (Å²) in [5.41, 5.74) is 5.10. The zero-order valence-electron chi connectivity index (χ0n) is 15.4. The average Bonchev–Trinajstić information content (AvgIpc) is 3.21. The van der Waals surface area contributed by atoms with Crippen LogP contribution in [0.5, 0.6) is 5.75 Å². The van der Waals surface area contributed by atoms with Crippen LogP contribution in [0, 0.1) is 0 Å². The topological polar surface area (TPSA) is 59.4 Å². The van der Waals surface area contributed by atoms with Gasteiger partial charge in [-0.1, -0.05) is 30.3 Å². The molecule has 2 heterocycles. The Labute approximate surface area is 162 Å². The molecule has 1 aliphatic rings. The quantitative estimate of drug-likeness (QED) is 0.553. The SMILES string of the molecule is COc1ccccc1-c1nc(Nc2ccc3c(c2)C=NC3)c2ccccc2n1. The van der Waals surface area contributed by atoms with Gasteiger partial charge in [0.1, 0.15) is 11.6 Å². The van der Waals surface area contributed by atoms with Crippen LogP contribution >= 0.6 is 0 Å². The number of anilines is 2. The molecule has 0 radical (unpaired) electrons. The smallest absolute Gasteiger partial charge is 0.165 e. The summed E-state index contributed by atoms with van der Waals surface area (Å²) in [7, 11) is 1.66. The molecule has 3 aromatic carbocycles. The van der Waals surface area contributed by atoms with Crippen LogP contribution < -0.4 is 10.1 Å². The van der Waals surface area contributed by atoms with Crippen molar-refractivity contribution in [1.29, 1.82) is 0 Å². The molecule has 28 heavy (non-hydrogen) atoms. The number of nitrogens with zero attached hydrogens (tertiary/aromatic N) is 3. The molecule has 0 unspecified atom stereocenters. The predicted octanol–water partition coefficient (Wildman–Crippen LogP) is 4.98. The Morgan fingerprint density at radius 3 is 2.71 bits per heavy atom. The number of hydrogen-bond donors (Lipinski definition) is 1. The summed E-state index contributed by atoms with van der Waals surface area (Å²) in [4.78, 5) is 13.9. The first kappa shape index (κ1) is 16.4. The monoisotopic (exact) mass is 366 g/mol. The second-order valence-corrected chi connectivity index (χ2v) is 6.62. The zero-order chi connectivity index (χ0) is 18.9. The number of hydrogen-bond acceptors (Lipinski definition) is 5. The van der Waals surface area contributed by atoms with Crippen molar-refractivity contribution in [2.24, 2.45) is 4.99 Å². The molecule has 0 fully saturated rings. The molecule has 0 amide bonds. The highest BCUT2D eigenvalue weighted by atomic mass is 16.5. The highest BCUT2D eigenvalue weighted by Gasteiger charge is 2.14. The minimum absolute atomic E-state index is 0.626. The molecule has 136 valence electrons.